The molecule has 0 atom stereocenters. The highest BCUT2D eigenvalue weighted by Crippen LogP contribution is 2.28. The molecule has 0 spiro atoms. The van der Waals surface area contributed by atoms with Gasteiger partial charge >= 0.3 is 0 Å². The molecule has 0 unspecified atom stereocenters. The number of H-pyrrole nitrogens is 1. The second-order valence-corrected chi connectivity index (χ2v) is 4.64. The van der Waals surface area contributed by atoms with Crippen LogP contribution in [0.5, 0.6) is 0 Å². The van der Waals surface area contributed by atoms with Crippen molar-refractivity contribution in [3.8, 4) is 0 Å². The summed E-state index contributed by atoms with van der Waals surface area (Å²) in [5.74, 6) is 0.816. The second-order valence-electron chi connectivity index (χ2n) is 3.41. The summed E-state index contributed by atoms with van der Waals surface area (Å²) < 4.78 is 0. The topological polar surface area (TPSA) is 66.5 Å². The number of aryl methyl sites for hydroxylation is 1. The molecule has 0 radical (unpaired) electrons. The zero-order chi connectivity index (χ0) is 11.0. The minimum Gasteiger partial charge on any atom is -0.337 e. The number of thiophene rings is 1. The molecule has 0 bridgehead atoms. The molecule has 3 aromatic heterocycles. The third-order valence-electron chi connectivity index (χ3n) is 2.21. The molecule has 0 aliphatic carbocycles. The molecule has 2 N–H and O–H groups in total. The Morgan fingerprint density at radius 2 is 2.31 bits per heavy atom. The van der Waals surface area contributed by atoms with E-state index < -0.39 is 0 Å². The van der Waals surface area contributed by atoms with E-state index in [1.165, 1.54) is 4.88 Å². The fourth-order valence-electron chi connectivity index (χ4n) is 1.53. The van der Waals surface area contributed by atoms with E-state index in [4.69, 9.17) is 0 Å². The molecule has 0 aromatic carbocycles. The minimum atomic E-state index is 0.816. The van der Waals surface area contributed by atoms with E-state index in [2.05, 4.69) is 38.5 Å². The zero-order valence-electron chi connectivity index (χ0n) is 8.56. The van der Waals surface area contributed by atoms with Crippen molar-refractivity contribution in [1.82, 2.24) is 20.2 Å². The standard InChI is InChI=1S/C10H9N5S/c1-6-2-8-9(11-5-12-10(8)16-6)15-7-3-13-14-4-7/h2-5H,1H3,(H,13,14)(H,11,12,15). The first kappa shape index (κ1) is 9.29. The first-order valence-corrected chi connectivity index (χ1v) is 5.61. The van der Waals surface area contributed by atoms with Crippen LogP contribution in [0.15, 0.2) is 24.8 Å². The Labute approximate surface area is 95.6 Å². The predicted molar refractivity (Wildman–Crippen MR) is 64.0 cm³/mol. The summed E-state index contributed by atoms with van der Waals surface area (Å²) in [4.78, 5) is 10.7. The molecular formula is C10H9N5S. The molecule has 6 heteroatoms. The van der Waals surface area contributed by atoms with Crippen molar-refractivity contribution in [2.24, 2.45) is 0 Å². The number of aromatic amines is 1. The molecule has 0 saturated carbocycles. The third-order valence-corrected chi connectivity index (χ3v) is 3.17. The highest BCUT2D eigenvalue weighted by molar-refractivity contribution is 7.18. The van der Waals surface area contributed by atoms with Gasteiger partial charge in [0, 0.05) is 11.1 Å². The SMILES string of the molecule is Cc1cc2c(Nc3cn[nH]c3)ncnc2s1. The van der Waals surface area contributed by atoms with Crippen LogP contribution in [0.3, 0.4) is 0 Å². The Morgan fingerprint density at radius 1 is 1.38 bits per heavy atom. The summed E-state index contributed by atoms with van der Waals surface area (Å²) in [5, 5.41) is 10.9. The van der Waals surface area contributed by atoms with Crippen LogP contribution in [0.25, 0.3) is 10.2 Å². The maximum Gasteiger partial charge on any atom is 0.142 e. The van der Waals surface area contributed by atoms with Gasteiger partial charge in [0.25, 0.3) is 0 Å². The van der Waals surface area contributed by atoms with E-state index in [0.717, 1.165) is 21.7 Å². The first-order chi connectivity index (χ1) is 7.83. The van der Waals surface area contributed by atoms with Crippen molar-refractivity contribution in [3.05, 3.63) is 29.7 Å². The molecule has 5 nitrogen and oxygen atoms in total. The van der Waals surface area contributed by atoms with Crippen molar-refractivity contribution in [3.63, 3.8) is 0 Å². The molecule has 0 saturated heterocycles. The van der Waals surface area contributed by atoms with Gasteiger partial charge in [-0.3, -0.25) is 5.10 Å². The van der Waals surface area contributed by atoms with E-state index in [1.807, 2.05) is 0 Å². The van der Waals surface area contributed by atoms with Crippen LogP contribution in [-0.2, 0) is 0 Å². The van der Waals surface area contributed by atoms with Gasteiger partial charge in [-0.15, -0.1) is 11.3 Å². The smallest absolute Gasteiger partial charge is 0.142 e. The quantitative estimate of drug-likeness (QED) is 0.711. The van der Waals surface area contributed by atoms with Gasteiger partial charge in [0.2, 0.25) is 0 Å². The van der Waals surface area contributed by atoms with Gasteiger partial charge < -0.3 is 5.32 Å². The lowest BCUT2D eigenvalue weighted by atomic mass is 10.3. The maximum atomic E-state index is 4.24. The Kier molecular flexibility index (Phi) is 2.07. The highest BCUT2D eigenvalue weighted by atomic mass is 32.1. The van der Waals surface area contributed by atoms with Crippen LogP contribution in [0, 0.1) is 6.92 Å². The Morgan fingerprint density at radius 3 is 3.12 bits per heavy atom. The lowest BCUT2D eigenvalue weighted by molar-refractivity contribution is 1.09. The summed E-state index contributed by atoms with van der Waals surface area (Å²) in [5.41, 5.74) is 0.892. The van der Waals surface area contributed by atoms with E-state index in [9.17, 15) is 0 Å². The fourth-order valence-corrected chi connectivity index (χ4v) is 2.38. The molecule has 0 amide bonds. The predicted octanol–water partition coefficient (Wildman–Crippen LogP) is 2.47. The Balaban J connectivity index is 2.09. The lowest BCUT2D eigenvalue weighted by Gasteiger charge is -2.02. The Bertz CT molecular complexity index is 613. The van der Waals surface area contributed by atoms with Crippen LogP contribution < -0.4 is 5.32 Å². The summed E-state index contributed by atoms with van der Waals surface area (Å²) >= 11 is 1.66. The van der Waals surface area contributed by atoms with E-state index in [-0.39, 0.29) is 0 Å². The normalized spacial score (nSPS) is 10.8. The van der Waals surface area contributed by atoms with Gasteiger partial charge in [0.05, 0.1) is 17.3 Å². The lowest BCUT2D eigenvalue weighted by Crippen LogP contribution is -1.92. The maximum absolute atomic E-state index is 4.24. The fraction of sp³-hybridized carbons (Fsp3) is 0.100. The van der Waals surface area contributed by atoms with E-state index >= 15 is 0 Å². The molecular weight excluding hydrogens is 222 g/mol. The largest absolute Gasteiger partial charge is 0.337 e. The van der Waals surface area contributed by atoms with Gasteiger partial charge in [0.1, 0.15) is 17.0 Å². The highest BCUT2D eigenvalue weighted by Gasteiger charge is 2.07. The summed E-state index contributed by atoms with van der Waals surface area (Å²) in [6, 6.07) is 2.09. The number of rotatable bonds is 2. The minimum absolute atomic E-state index is 0.816. The molecule has 3 aromatic rings. The zero-order valence-corrected chi connectivity index (χ0v) is 9.38. The number of hydrogen-bond donors (Lipinski definition) is 2. The molecule has 0 aliphatic heterocycles. The van der Waals surface area contributed by atoms with Gasteiger partial charge in [-0.1, -0.05) is 0 Å². The van der Waals surface area contributed by atoms with Crippen molar-refractivity contribution in [1.29, 1.82) is 0 Å². The van der Waals surface area contributed by atoms with Crippen LogP contribution >= 0.6 is 11.3 Å². The van der Waals surface area contributed by atoms with Crippen molar-refractivity contribution >= 4 is 33.1 Å². The number of anilines is 2. The van der Waals surface area contributed by atoms with Crippen LogP contribution in [0.2, 0.25) is 0 Å². The van der Waals surface area contributed by atoms with Crippen LogP contribution in [0.1, 0.15) is 4.88 Å². The molecule has 0 fully saturated rings. The van der Waals surface area contributed by atoms with Gasteiger partial charge in [-0.05, 0) is 13.0 Å². The number of aromatic nitrogens is 4. The molecule has 16 heavy (non-hydrogen) atoms. The summed E-state index contributed by atoms with van der Waals surface area (Å²) in [7, 11) is 0. The molecule has 3 rings (SSSR count). The molecule has 3 heterocycles. The van der Waals surface area contributed by atoms with Gasteiger partial charge in [-0.25, -0.2) is 9.97 Å². The molecule has 80 valence electrons. The van der Waals surface area contributed by atoms with Crippen molar-refractivity contribution < 1.29 is 0 Å². The monoisotopic (exact) mass is 231 g/mol. The summed E-state index contributed by atoms with van der Waals surface area (Å²) in [6.07, 6.45) is 5.07. The number of fused-ring (bicyclic) bond motifs is 1. The second kappa shape index (κ2) is 3.57. The van der Waals surface area contributed by atoms with Gasteiger partial charge in [0.15, 0.2) is 0 Å². The van der Waals surface area contributed by atoms with Crippen LogP contribution in [-0.4, -0.2) is 20.2 Å². The average Bonchev–Trinajstić information content (AvgIpc) is 2.86. The average molecular weight is 231 g/mol. The third kappa shape index (κ3) is 1.53. The number of nitrogens with zero attached hydrogens (tertiary/aromatic N) is 3. The number of hydrogen-bond acceptors (Lipinski definition) is 5. The van der Waals surface area contributed by atoms with Crippen molar-refractivity contribution in [2.75, 3.05) is 5.32 Å². The summed E-state index contributed by atoms with van der Waals surface area (Å²) in [6.45, 7) is 2.06. The Hall–Kier alpha value is -1.95. The first-order valence-electron chi connectivity index (χ1n) is 4.80. The van der Waals surface area contributed by atoms with Gasteiger partial charge in [-0.2, -0.15) is 5.10 Å². The van der Waals surface area contributed by atoms with Crippen molar-refractivity contribution in [2.45, 2.75) is 6.92 Å². The molecule has 0 aliphatic rings. The van der Waals surface area contributed by atoms with E-state index in [1.54, 1.807) is 30.1 Å². The number of nitrogens with one attached hydrogen (secondary N) is 2. The van der Waals surface area contributed by atoms with Crippen LogP contribution in [0.4, 0.5) is 11.5 Å². The van der Waals surface area contributed by atoms with E-state index in [0.29, 0.717) is 0 Å².